The molecule has 2 rings (SSSR count). The van der Waals surface area contributed by atoms with Gasteiger partial charge in [0.15, 0.2) is 0 Å². The molecule has 0 amide bonds. The van der Waals surface area contributed by atoms with Gasteiger partial charge in [-0.3, -0.25) is 0 Å². The largest absolute Gasteiger partial charge is 0.374 e. The zero-order valence-electron chi connectivity index (χ0n) is 10.4. The van der Waals surface area contributed by atoms with Gasteiger partial charge >= 0.3 is 0 Å². The molecule has 0 spiro atoms. The lowest BCUT2D eigenvalue weighted by molar-refractivity contribution is 0.0284. The van der Waals surface area contributed by atoms with E-state index in [0.717, 1.165) is 6.42 Å². The average Bonchev–Trinajstić information content (AvgIpc) is 2.76. The van der Waals surface area contributed by atoms with Gasteiger partial charge < -0.3 is 9.47 Å². The van der Waals surface area contributed by atoms with E-state index in [1.165, 1.54) is 16.7 Å². The fraction of sp³-hybridized carbons (Fsp3) is 0.571. The second-order valence-corrected chi connectivity index (χ2v) is 4.96. The highest BCUT2D eigenvalue weighted by Gasteiger charge is 2.25. The van der Waals surface area contributed by atoms with E-state index in [1.54, 1.807) is 0 Å². The Balaban J connectivity index is 1.90. The van der Waals surface area contributed by atoms with Crippen molar-refractivity contribution in [1.29, 1.82) is 0 Å². The van der Waals surface area contributed by atoms with Crippen molar-refractivity contribution >= 4 is 11.6 Å². The smallest absolute Gasteiger partial charge is 0.0838 e. The van der Waals surface area contributed by atoms with Crippen molar-refractivity contribution in [3.63, 3.8) is 0 Å². The summed E-state index contributed by atoms with van der Waals surface area (Å²) in [4.78, 5) is 0. The van der Waals surface area contributed by atoms with E-state index >= 15 is 0 Å². The van der Waals surface area contributed by atoms with E-state index < -0.39 is 0 Å². The molecular weight excluding hydrogens is 236 g/mol. The van der Waals surface area contributed by atoms with Crippen molar-refractivity contribution in [2.45, 2.75) is 39.1 Å². The molecule has 0 aliphatic carbocycles. The Kier molecular flexibility index (Phi) is 4.43. The molecule has 3 heteroatoms. The van der Waals surface area contributed by atoms with Crippen LogP contribution in [-0.4, -0.2) is 24.7 Å². The summed E-state index contributed by atoms with van der Waals surface area (Å²) in [7, 11) is 0. The summed E-state index contributed by atoms with van der Waals surface area (Å²) >= 11 is 5.76. The number of hydrogen-bond donors (Lipinski definition) is 0. The molecule has 1 aliphatic heterocycles. The standard InChI is InChI=1S/C14H19ClO2/c1-10-4-3-5-11(2)14(10)9-17-13-6-12(7-15)16-8-13/h3-5,12-13H,6-9H2,1-2H3. The van der Waals surface area contributed by atoms with Crippen LogP contribution in [0.2, 0.25) is 0 Å². The molecule has 1 saturated heterocycles. The summed E-state index contributed by atoms with van der Waals surface area (Å²) in [6, 6.07) is 6.33. The van der Waals surface area contributed by atoms with Crippen molar-refractivity contribution in [2.24, 2.45) is 0 Å². The lowest BCUT2D eigenvalue weighted by atomic mass is 10.0. The first-order valence-corrected chi connectivity index (χ1v) is 6.58. The fourth-order valence-electron chi connectivity index (χ4n) is 2.17. The first kappa shape index (κ1) is 12.9. The van der Waals surface area contributed by atoms with Gasteiger partial charge in [-0.1, -0.05) is 18.2 Å². The Morgan fingerprint density at radius 1 is 1.35 bits per heavy atom. The minimum absolute atomic E-state index is 0.166. The summed E-state index contributed by atoms with van der Waals surface area (Å²) in [6.45, 7) is 5.58. The first-order chi connectivity index (χ1) is 8.20. The van der Waals surface area contributed by atoms with E-state index in [1.807, 2.05) is 0 Å². The van der Waals surface area contributed by atoms with Crippen LogP contribution in [0.1, 0.15) is 23.1 Å². The van der Waals surface area contributed by atoms with Gasteiger partial charge in [0, 0.05) is 12.3 Å². The number of halogens is 1. The van der Waals surface area contributed by atoms with Crippen LogP contribution in [0.25, 0.3) is 0 Å². The van der Waals surface area contributed by atoms with E-state index in [4.69, 9.17) is 21.1 Å². The Hall–Kier alpha value is -0.570. The van der Waals surface area contributed by atoms with Crippen molar-refractivity contribution in [3.05, 3.63) is 34.9 Å². The highest BCUT2D eigenvalue weighted by atomic mass is 35.5. The van der Waals surface area contributed by atoms with Gasteiger partial charge in [0.25, 0.3) is 0 Å². The van der Waals surface area contributed by atoms with Crippen LogP contribution in [0.4, 0.5) is 0 Å². The molecule has 2 nitrogen and oxygen atoms in total. The number of benzene rings is 1. The van der Waals surface area contributed by atoms with Crippen LogP contribution in [0.15, 0.2) is 18.2 Å². The van der Waals surface area contributed by atoms with Gasteiger partial charge in [-0.15, -0.1) is 11.6 Å². The van der Waals surface area contributed by atoms with E-state index in [2.05, 4.69) is 32.0 Å². The van der Waals surface area contributed by atoms with Gasteiger partial charge in [-0.05, 0) is 30.5 Å². The SMILES string of the molecule is Cc1cccc(C)c1COC1COC(CCl)C1. The third-order valence-corrected chi connectivity index (χ3v) is 3.67. The van der Waals surface area contributed by atoms with Crippen molar-refractivity contribution < 1.29 is 9.47 Å². The summed E-state index contributed by atoms with van der Waals surface area (Å²) in [5.74, 6) is 0.559. The molecule has 1 fully saturated rings. The molecule has 0 aromatic heterocycles. The van der Waals surface area contributed by atoms with E-state index in [-0.39, 0.29) is 12.2 Å². The predicted molar refractivity (Wildman–Crippen MR) is 69.6 cm³/mol. The zero-order valence-corrected chi connectivity index (χ0v) is 11.2. The molecule has 94 valence electrons. The maximum absolute atomic E-state index is 5.90. The average molecular weight is 255 g/mol. The summed E-state index contributed by atoms with van der Waals surface area (Å²) in [5, 5.41) is 0. The molecule has 1 heterocycles. The fourth-order valence-corrected chi connectivity index (χ4v) is 2.39. The Morgan fingerprint density at radius 2 is 2.06 bits per heavy atom. The third kappa shape index (κ3) is 3.21. The Bertz CT molecular complexity index is 358. The van der Waals surface area contributed by atoms with Crippen LogP contribution < -0.4 is 0 Å². The van der Waals surface area contributed by atoms with Crippen molar-refractivity contribution in [3.8, 4) is 0 Å². The number of hydrogen-bond acceptors (Lipinski definition) is 2. The Morgan fingerprint density at radius 3 is 2.65 bits per heavy atom. The minimum Gasteiger partial charge on any atom is -0.374 e. The molecule has 17 heavy (non-hydrogen) atoms. The molecule has 1 aromatic carbocycles. The van der Waals surface area contributed by atoms with Gasteiger partial charge in [0.05, 0.1) is 25.4 Å². The third-order valence-electron chi connectivity index (χ3n) is 3.32. The second-order valence-electron chi connectivity index (χ2n) is 4.65. The van der Waals surface area contributed by atoms with Crippen LogP contribution in [0, 0.1) is 13.8 Å². The molecule has 0 bridgehead atoms. The van der Waals surface area contributed by atoms with Crippen molar-refractivity contribution in [1.82, 2.24) is 0 Å². The van der Waals surface area contributed by atoms with Crippen LogP contribution >= 0.6 is 11.6 Å². The number of aryl methyl sites for hydroxylation is 2. The summed E-state index contributed by atoms with van der Waals surface area (Å²) < 4.78 is 11.4. The molecule has 0 N–H and O–H groups in total. The van der Waals surface area contributed by atoms with Gasteiger partial charge in [0.1, 0.15) is 0 Å². The minimum atomic E-state index is 0.166. The highest BCUT2D eigenvalue weighted by molar-refractivity contribution is 6.18. The maximum atomic E-state index is 5.90. The summed E-state index contributed by atoms with van der Waals surface area (Å²) in [6.07, 6.45) is 1.27. The maximum Gasteiger partial charge on any atom is 0.0838 e. The molecule has 2 unspecified atom stereocenters. The molecule has 2 atom stereocenters. The van der Waals surface area contributed by atoms with Gasteiger partial charge in [-0.2, -0.15) is 0 Å². The van der Waals surface area contributed by atoms with E-state index in [0.29, 0.717) is 19.1 Å². The number of rotatable bonds is 4. The van der Waals surface area contributed by atoms with Crippen LogP contribution in [0.5, 0.6) is 0 Å². The quantitative estimate of drug-likeness (QED) is 0.769. The highest BCUT2D eigenvalue weighted by Crippen LogP contribution is 2.21. The van der Waals surface area contributed by atoms with E-state index in [9.17, 15) is 0 Å². The van der Waals surface area contributed by atoms with Crippen LogP contribution in [-0.2, 0) is 16.1 Å². The van der Waals surface area contributed by atoms with Crippen LogP contribution in [0.3, 0.4) is 0 Å². The molecule has 0 radical (unpaired) electrons. The molecule has 1 aromatic rings. The van der Waals surface area contributed by atoms with Crippen molar-refractivity contribution in [2.75, 3.05) is 12.5 Å². The monoisotopic (exact) mass is 254 g/mol. The van der Waals surface area contributed by atoms with Gasteiger partial charge in [0.2, 0.25) is 0 Å². The topological polar surface area (TPSA) is 18.5 Å². The normalized spacial score (nSPS) is 24.2. The lowest BCUT2D eigenvalue weighted by Gasteiger charge is -2.13. The second kappa shape index (κ2) is 5.85. The Labute approximate surface area is 108 Å². The molecular formula is C14H19ClO2. The zero-order chi connectivity index (χ0) is 12.3. The lowest BCUT2D eigenvalue weighted by Crippen LogP contribution is -2.14. The van der Waals surface area contributed by atoms with Gasteiger partial charge in [-0.25, -0.2) is 0 Å². The summed E-state index contributed by atoms with van der Waals surface area (Å²) in [5.41, 5.74) is 3.87. The number of ether oxygens (including phenoxy) is 2. The number of alkyl halides is 1. The molecule has 1 aliphatic rings. The predicted octanol–water partition coefficient (Wildman–Crippen LogP) is 3.22. The first-order valence-electron chi connectivity index (χ1n) is 6.05. The molecule has 0 saturated carbocycles.